The van der Waals surface area contributed by atoms with Gasteiger partial charge in [0.1, 0.15) is 5.82 Å². The average Bonchev–Trinajstić information content (AvgIpc) is 2.56. The molecule has 1 aromatic rings. The van der Waals surface area contributed by atoms with E-state index in [1.807, 2.05) is 0 Å². The summed E-state index contributed by atoms with van der Waals surface area (Å²) in [5.41, 5.74) is 8.32. The summed E-state index contributed by atoms with van der Waals surface area (Å²) in [4.78, 5) is 4.64. The lowest BCUT2D eigenvalue weighted by molar-refractivity contribution is 0.346. The van der Waals surface area contributed by atoms with E-state index in [2.05, 4.69) is 23.4 Å². The Morgan fingerprint density at radius 2 is 2.33 bits per heavy atom. The molecule has 2 heterocycles. The van der Waals surface area contributed by atoms with Crippen LogP contribution >= 0.6 is 0 Å². The van der Waals surface area contributed by atoms with Crippen LogP contribution in [0.25, 0.3) is 0 Å². The van der Waals surface area contributed by atoms with Gasteiger partial charge in [0, 0.05) is 18.7 Å². The largest absolute Gasteiger partial charge is 0.332 e. The van der Waals surface area contributed by atoms with Gasteiger partial charge >= 0.3 is 0 Å². The van der Waals surface area contributed by atoms with E-state index in [9.17, 15) is 0 Å². The molecule has 1 aliphatic heterocycles. The van der Waals surface area contributed by atoms with Crippen LogP contribution in [-0.4, -0.2) is 16.1 Å². The molecule has 84 valence electrons. The molecule has 3 heteroatoms. The molecule has 2 rings (SSSR count). The molecular formula is C12H21N3. The minimum absolute atomic E-state index is 0.765. The summed E-state index contributed by atoms with van der Waals surface area (Å²) < 4.78 is 2.43. The lowest BCUT2D eigenvalue weighted by Crippen LogP contribution is -2.23. The predicted molar refractivity (Wildman–Crippen MR) is 61.8 cm³/mol. The van der Waals surface area contributed by atoms with Crippen molar-refractivity contribution >= 4 is 0 Å². The number of nitrogens with zero attached hydrogens (tertiary/aromatic N) is 2. The minimum atomic E-state index is 0.765. The first-order valence-electron chi connectivity index (χ1n) is 6.01. The molecule has 0 amide bonds. The Bertz CT molecular complexity index is 341. The summed E-state index contributed by atoms with van der Waals surface area (Å²) in [6, 6.07) is 0. The second-order valence-corrected chi connectivity index (χ2v) is 4.51. The van der Waals surface area contributed by atoms with Gasteiger partial charge in [-0.2, -0.15) is 0 Å². The van der Waals surface area contributed by atoms with E-state index in [1.165, 1.54) is 30.1 Å². The van der Waals surface area contributed by atoms with Crippen molar-refractivity contribution in [1.29, 1.82) is 0 Å². The summed E-state index contributed by atoms with van der Waals surface area (Å²) in [6.45, 7) is 6.27. The highest BCUT2D eigenvalue weighted by molar-refractivity contribution is 5.18. The van der Waals surface area contributed by atoms with Crippen LogP contribution in [0.4, 0.5) is 0 Å². The van der Waals surface area contributed by atoms with Gasteiger partial charge < -0.3 is 10.3 Å². The maximum Gasteiger partial charge on any atom is 0.108 e. The number of fused-ring (bicyclic) bond motifs is 1. The Balaban J connectivity index is 2.23. The number of nitrogens with two attached hydrogens (primary N) is 1. The molecule has 0 saturated carbocycles. The van der Waals surface area contributed by atoms with Gasteiger partial charge in [0.2, 0.25) is 0 Å². The lowest BCUT2D eigenvalue weighted by atomic mass is 9.94. The van der Waals surface area contributed by atoms with Gasteiger partial charge in [-0.3, -0.25) is 0 Å². The summed E-state index contributed by atoms with van der Waals surface area (Å²) in [5.74, 6) is 2.02. The molecule has 1 unspecified atom stereocenters. The van der Waals surface area contributed by atoms with Crippen molar-refractivity contribution in [1.82, 2.24) is 9.55 Å². The van der Waals surface area contributed by atoms with Crippen molar-refractivity contribution in [3.8, 4) is 0 Å². The van der Waals surface area contributed by atoms with Crippen molar-refractivity contribution in [3.05, 3.63) is 17.2 Å². The number of aryl methyl sites for hydroxylation is 2. The minimum Gasteiger partial charge on any atom is -0.332 e. The van der Waals surface area contributed by atoms with Gasteiger partial charge in [-0.1, -0.05) is 6.92 Å². The highest BCUT2D eigenvalue weighted by Gasteiger charge is 2.22. The molecule has 0 spiro atoms. The van der Waals surface area contributed by atoms with Crippen molar-refractivity contribution in [2.75, 3.05) is 6.54 Å². The maximum atomic E-state index is 5.63. The smallest absolute Gasteiger partial charge is 0.108 e. The van der Waals surface area contributed by atoms with Crippen molar-refractivity contribution in [3.63, 3.8) is 0 Å². The average molecular weight is 207 g/mol. The second kappa shape index (κ2) is 4.35. The van der Waals surface area contributed by atoms with Gasteiger partial charge in [-0.25, -0.2) is 4.98 Å². The quantitative estimate of drug-likeness (QED) is 0.819. The number of hydrogen-bond donors (Lipinski definition) is 1. The molecule has 0 radical (unpaired) electrons. The molecular weight excluding hydrogens is 186 g/mol. The summed E-state index contributed by atoms with van der Waals surface area (Å²) in [5, 5.41) is 0. The Kier molecular flexibility index (Phi) is 3.10. The Morgan fingerprint density at radius 1 is 1.53 bits per heavy atom. The molecule has 15 heavy (non-hydrogen) atoms. The summed E-state index contributed by atoms with van der Waals surface area (Å²) >= 11 is 0. The summed E-state index contributed by atoms with van der Waals surface area (Å²) in [6.07, 6.45) is 4.66. The highest BCUT2D eigenvalue weighted by atomic mass is 15.1. The van der Waals surface area contributed by atoms with Crippen LogP contribution < -0.4 is 5.73 Å². The molecule has 1 aliphatic rings. The fourth-order valence-electron chi connectivity index (χ4n) is 2.63. The van der Waals surface area contributed by atoms with E-state index in [0.717, 1.165) is 31.8 Å². The molecule has 0 aliphatic carbocycles. The third-order valence-electron chi connectivity index (χ3n) is 3.47. The molecule has 3 nitrogen and oxygen atoms in total. The third kappa shape index (κ3) is 1.93. The zero-order chi connectivity index (χ0) is 10.8. The Labute approximate surface area is 91.7 Å². The highest BCUT2D eigenvalue weighted by Crippen LogP contribution is 2.26. The van der Waals surface area contributed by atoms with Crippen molar-refractivity contribution in [2.45, 2.75) is 46.1 Å². The van der Waals surface area contributed by atoms with Gasteiger partial charge in [-0.05, 0) is 38.6 Å². The zero-order valence-electron chi connectivity index (χ0n) is 9.79. The van der Waals surface area contributed by atoms with Crippen LogP contribution in [0.15, 0.2) is 0 Å². The van der Waals surface area contributed by atoms with E-state index in [4.69, 9.17) is 5.73 Å². The standard InChI is InChI=1S/C12H21N3/c1-3-12-14-9(2)11-5-4-10(6-7-13)8-15(11)12/h10H,3-8,13H2,1-2H3. The molecule has 2 N–H and O–H groups in total. The van der Waals surface area contributed by atoms with Gasteiger partial charge in [0.25, 0.3) is 0 Å². The van der Waals surface area contributed by atoms with Crippen molar-refractivity contribution < 1.29 is 0 Å². The van der Waals surface area contributed by atoms with Gasteiger partial charge in [0.05, 0.1) is 5.69 Å². The molecule has 0 bridgehead atoms. The number of hydrogen-bond acceptors (Lipinski definition) is 2. The van der Waals surface area contributed by atoms with E-state index in [1.54, 1.807) is 0 Å². The maximum absolute atomic E-state index is 5.63. The first-order chi connectivity index (χ1) is 7.26. The van der Waals surface area contributed by atoms with Crippen LogP contribution in [0.3, 0.4) is 0 Å². The second-order valence-electron chi connectivity index (χ2n) is 4.51. The van der Waals surface area contributed by atoms with Crippen LogP contribution in [0, 0.1) is 12.8 Å². The number of aromatic nitrogens is 2. The number of imidazole rings is 1. The van der Waals surface area contributed by atoms with E-state index < -0.39 is 0 Å². The van der Waals surface area contributed by atoms with E-state index in [0.29, 0.717) is 0 Å². The Hall–Kier alpha value is -0.830. The zero-order valence-corrected chi connectivity index (χ0v) is 9.79. The summed E-state index contributed by atoms with van der Waals surface area (Å²) in [7, 11) is 0. The molecule has 1 aromatic heterocycles. The number of rotatable bonds is 3. The Morgan fingerprint density at radius 3 is 3.00 bits per heavy atom. The van der Waals surface area contributed by atoms with E-state index >= 15 is 0 Å². The molecule has 0 aromatic carbocycles. The first-order valence-corrected chi connectivity index (χ1v) is 6.01. The molecule has 0 saturated heterocycles. The fraction of sp³-hybridized carbons (Fsp3) is 0.750. The first kappa shape index (κ1) is 10.7. The third-order valence-corrected chi connectivity index (χ3v) is 3.47. The van der Waals surface area contributed by atoms with Crippen LogP contribution in [-0.2, 0) is 19.4 Å². The van der Waals surface area contributed by atoms with Gasteiger partial charge in [-0.15, -0.1) is 0 Å². The van der Waals surface area contributed by atoms with Crippen LogP contribution in [0.2, 0.25) is 0 Å². The SMILES string of the molecule is CCc1nc(C)c2n1CC(CCN)CC2. The molecule has 0 fully saturated rings. The van der Waals surface area contributed by atoms with E-state index in [-0.39, 0.29) is 0 Å². The van der Waals surface area contributed by atoms with Crippen LogP contribution in [0.1, 0.15) is 37.0 Å². The molecule has 1 atom stereocenters. The normalized spacial score (nSPS) is 20.3. The predicted octanol–water partition coefficient (Wildman–Crippen LogP) is 1.67. The fourth-order valence-corrected chi connectivity index (χ4v) is 2.63. The van der Waals surface area contributed by atoms with Gasteiger partial charge in [0.15, 0.2) is 0 Å². The van der Waals surface area contributed by atoms with Crippen LogP contribution in [0.5, 0.6) is 0 Å². The lowest BCUT2D eigenvalue weighted by Gasteiger charge is -2.25. The topological polar surface area (TPSA) is 43.8 Å². The monoisotopic (exact) mass is 207 g/mol. The van der Waals surface area contributed by atoms with Crippen molar-refractivity contribution in [2.24, 2.45) is 11.7 Å².